The molecule has 0 saturated heterocycles. The summed E-state index contributed by atoms with van der Waals surface area (Å²) in [6.07, 6.45) is 2.43. The second kappa shape index (κ2) is 4.02. The van der Waals surface area contributed by atoms with Crippen LogP contribution in [0.4, 0.5) is 0 Å². The molecule has 1 aliphatic rings. The van der Waals surface area contributed by atoms with Gasteiger partial charge in [0.1, 0.15) is 11.2 Å². The second-order valence-electron chi connectivity index (χ2n) is 5.25. The Kier molecular flexibility index (Phi) is 2.55. The number of benzene rings is 1. The maximum atomic E-state index is 11.6. The lowest BCUT2D eigenvalue weighted by atomic mass is 9.66. The number of ether oxygens (including phenoxy) is 1. The lowest BCUT2D eigenvalue weighted by Crippen LogP contribution is -2.43. The van der Waals surface area contributed by atoms with E-state index in [2.05, 4.69) is 0 Å². The minimum Gasteiger partial charge on any atom is -0.497 e. The van der Waals surface area contributed by atoms with Crippen molar-refractivity contribution in [1.82, 2.24) is 4.57 Å². The fourth-order valence-corrected chi connectivity index (χ4v) is 3.01. The third-order valence-electron chi connectivity index (χ3n) is 4.36. The van der Waals surface area contributed by atoms with Crippen LogP contribution in [0.5, 0.6) is 5.75 Å². The van der Waals surface area contributed by atoms with Crippen LogP contribution in [-0.4, -0.2) is 22.8 Å². The topological polar surface area (TPSA) is 51.5 Å². The van der Waals surface area contributed by atoms with E-state index in [9.17, 15) is 9.90 Å². The van der Waals surface area contributed by atoms with Crippen LogP contribution in [-0.2, 0) is 17.3 Å². The molecule has 1 saturated carbocycles. The van der Waals surface area contributed by atoms with Crippen molar-refractivity contribution in [2.24, 2.45) is 7.05 Å². The molecule has 1 fully saturated rings. The largest absolute Gasteiger partial charge is 0.497 e. The van der Waals surface area contributed by atoms with Crippen molar-refractivity contribution in [2.45, 2.75) is 24.7 Å². The van der Waals surface area contributed by atoms with Crippen molar-refractivity contribution >= 4 is 16.9 Å². The average molecular weight is 259 g/mol. The molecule has 1 aromatic heterocycles. The molecule has 1 N–H and O–H groups in total. The van der Waals surface area contributed by atoms with Gasteiger partial charge in [-0.15, -0.1) is 0 Å². The van der Waals surface area contributed by atoms with E-state index >= 15 is 0 Å². The van der Waals surface area contributed by atoms with Gasteiger partial charge in [0, 0.05) is 24.2 Å². The van der Waals surface area contributed by atoms with Gasteiger partial charge >= 0.3 is 5.97 Å². The highest BCUT2D eigenvalue weighted by atomic mass is 16.5. The molecule has 4 heteroatoms. The average Bonchev–Trinajstić information content (AvgIpc) is 2.65. The van der Waals surface area contributed by atoms with Gasteiger partial charge in [-0.2, -0.15) is 0 Å². The lowest BCUT2D eigenvalue weighted by Gasteiger charge is -2.38. The van der Waals surface area contributed by atoms with Crippen LogP contribution in [0, 0.1) is 0 Å². The third-order valence-corrected chi connectivity index (χ3v) is 4.36. The number of fused-ring (bicyclic) bond motifs is 1. The van der Waals surface area contributed by atoms with Gasteiger partial charge in [0.2, 0.25) is 0 Å². The molecule has 2 aromatic rings. The van der Waals surface area contributed by atoms with Gasteiger partial charge in [-0.25, -0.2) is 0 Å². The Bertz CT molecular complexity index is 653. The first kappa shape index (κ1) is 12.1. The van der Waals surface area contributed by atoms with E-state index in [0.717, 1.165) is 41.6 Å². The molecule has 0 radical (unpaired) electrons. The van der Waals surface area contributed by atoms with Crippen molar-refractivity contribution in [3.05, 3.63) is 30.0 Å². The smallest absolute Gasteiger partial charge is 0.315 e. The van der Waals surface area contributed by atoms with Crippen molar-refractivity contribution < 1.29 is 14.6 Å². The molecule has 0 bridgehead atoms. The summed E-state index contributed by atoms with van der Waals surface area (Å²) in [6, 6.07) is 7.83. The highest BCUT2D eigenvalue weighted by molar-refractivity contribution is 5.88. The number of methoxy groups -OCH3 is 1. The maximum absolute atomic E-state index is 11.6. The van der Waals surface area contributed by atoms with Crippen LogP contribution in [0.1, 0.15) is 25.0 Å². The second-order valence-corrected chi connectivity index (χ2v) is 5.25. The van der Waals surface area contributed by atoms with Crippen molar-refractivity contribution in [2.75, 3.05) is 7.11 Å². The van der Waals surface area contributed by atoms with Gasteiger partial charge in [0.15, 0.2) is 0 Å². The predicted octanol–water partition coefficient (Wildman–Crippen LogP) is 2.69. The summed E-state index contributed by atoms with van der Waals surface area (Å²) < 4.78 is 7.22. The van der Waals surface area contributed by atoms with E-state index in [1.165, 1.54) is 0 Å². The zero-order valence-corrected chi connectivity index (χ0v) is 11.1. The number of aromatic nitrogens is 1. The Labute approximate surface area is 111 Å². The van der Waals surface area contributed by atoms with Crippen LogP contribution < -0.4 is 4.74 Å². The SMILES string of the molecule is COc1ccc2cc(C3(C(=O)O)CCC3)n(C)c2c1. The van der Waals surface area contributed by atoms with Crippen LogP contribution in [0.2, 0.25) is 0 Å². The molecule has 100 valence electrons. The number of rotatable bonds is 3. The van der Waals surface area contributed by atoms with Crippen molar-refractivity contribution in [1.29, 1.82) is 0 Å². The number of nitrogens with zero attached hydrogens (tertiary/aromatic N) is 1. The number of carboxylic acid groups (broad SMARTS) is 1. The number of hydrogen-bond donors (Lipinski definition) is 1. The Morgan fingerprint density at radius 3 is 2.63 bits per heavy atom. The van der Waals surface area contributed by atoms with E-state index in [1.807, 2.05) is 35.9 Å². The number of carbonyl (C=O) groups is 1. The first-order valence-corrected chi connectivity index (χ1v) is 6.46. The fourth-order valence-electron chi connectivity index (χ4n) is 3.01. The van der Waals surface area contributed by atoms with Gasteiger partial charge < -0.3 is 14.4 Å². The molecule has 1 aliphatic carbocycles. The number of aliphatic carboxylic acids is 1. The molecule has 1 heterocycles. The molecule has 0 atom stereocenters. The summed E-state index contributed by atoms with van der Waals surface area (Å²) in [5, 5.41) is 10.6. The zero-order valence-electron chi connectivity index (χ0n) is 11.1. The fraction of sp³-hybridized carbons (Fsp3) is 0.400. The van der Waals surface area contributed by atoms with Gasteiger partial charge in [0.25, 0.3) is 0 Å². The normalized spacial score (nSPS) is 17.2. The molecular weight excluding hydrogens is 242 g/mol. The monoisotopic (exact) mass is 259 g/mol. The summed E-state index contributed by atoms with van der Waals surface area (Å²) in [7, 11) is 3.57. The van der Waals surface area contributed by atoms with E-state index in [1.54, 1.807) is 7.11 Å². The molecule has 19 heavy (non-hydrogen) atoms. The van der Waals surface area contributed by atoms with E-state index in [-0.39, 0.29) is 0 Å². The summed E-state index contributed by atoms with van der Waals surface area (Å²) in [5.74, 6) is 0.0786. The van der Waals surface area contributed by atoms with Gasteiger partial charge in [-0.05, 0) is 31.0 Å². The van der Waals surface area contributed by atoms with Crippen LogP contribution >= 0.6 is 0 Å². The van der Waals surface area contributed by atoms with E-state index < -0.39 is 11.4 Å². The van der Waals surface area contributed by atoms with Crippen LogP contribution in [0.15, 0.2) is 24.3 Å². The summed E-state index contributed by atoms with van der Waals surface area (Å²) in [4.78, 5) is 11.6. The van der Waals surface area contributed by atoms with E-state index in [0.29, 0.717) is 0 Å². The minimum absolute atomic E-state index is 0.693. The third kappa shape index (κ3) is 1.56. The molecule has 0 amide bonds. The van der Waals surface area contributed by atoms with E-state index in [4.69, 9.17) is 4.74 Å². The Morgan fingerprint density at radius 2 is 2.11 bits per heavy atom. The molecule has 1 aromatic carbocycles. The minimum atomic E-state index is -0.711. The first-order valence-electron chi connectivity index (χ1n) is 6.46. The number of carboxylic acids is 1. The zero-order chi connectivity index (χ0) is 13.6. The Hall–Kier alpha value is -1.97. The number of aryl methyl sites for hydroxylation is 1. The lowest BCUT2D eigenvalue weighted by molar-refractivity contribution is -0.147. The molecule has 4 nitrogen and oxygen atoms in total. The molecule has 0 spiro atoms. The van der Waals surface area contributed by atoms with Gasteiger partial charge in [-0.1, -0.05) is 6.42 Å². The molecule has 3 rings (SSSR count). The van der Waals surface area contributed by atoms with Gasteiger partial charge in [0.05, 0.1) is 12.6 Å². The highest BCUT2D eigenvalue weighted by Gasteiger charge is 2.47. The summed E-state index contributed by atoms with van der Waals surface area (Å²) in [5.41, 5.74) is 1.22. The standard InChI is InChI=1S/C15H17NO3/c1-16-12-9-11(19-2)5-4-10(12)8-13(16)15(14(17)18)6-3-7-15/h4-5,8-9H,3,6-7H2,1-2H3,(H,17,18). The molecule has 0 unspecified atom stereocenters. The van der Waals surface area contributed by atoms with Crippen LogP contribution in [0.25, 0.3) is 10.9 Å². The van der Waals surface area contributed by atoms with Crippen LogP contribution in [0.3, 0.4) is 0 Å². The van der Waals surface area contributed by atoms with Gasteiger partial charge in [-0.3, -0.25) is 4.79 Å². The summed E-state index contributed by atoms with van der Waals surface area (Å²) in [6.45, 7) is 0. The maximum Gasteiger partial charge on any atom is 0.315 e. The molecule has 0 aliphatic heterocycles. The Balaban J connectivity index is 2.20. The quantitative estimate of drug-likeness (QED) is 0.922. The van der Waals surface area contributed by atoms with Crippen molar-refractivity contribution in [3.63, 3.8) is 0 Å². The summed E-state index contributed by atoms with van der Waals surface area (Å²) >= 11 is 0. The highest BCUT2D eigenvalue weighted by Crippen LogP contribution is 2.45. The first-order chi connectivity index (χ1) is 9.08. The predicted molar refractivity (Wildman–Crippen MR) is 72.6 cm³/mol. The molecular formula is C15H17NO3. The number of hydrogen-bond acceptors (Lipinski definition) is 2. The van der Waals surface area contributed by atoms with Crippen molar-refractivity contribution in [3.8, 4) is 5.75 Å². The Morgan fingerprint density at radius 1 is 1.37 bits per heavy atom.